The largest absolute Gasteiger partial charge is 0.466 e. The minimum Gasteiger partial charge on any atom is -0.466 e. The van der Waals surface area contributed by atoms with Crippen LogP contribution in [-0.2, 0) is 14.3 Å². The zero-order valence-corrected chi connectivity index (χ0v) is 12.1. The normalized spacial score (nSPS) is 22.7. The average molecular weight is 254 g/mol. The lowest BCUT2D eigenvalue weighted by atomic mass is 9.72. The van der Waals surface area contributed by atoms with E-state index in [9.17, 15) is 9.59 Å². The number of esters is 1. The Morgan fingerprint density at radius 2 is 2.06 bits per heavy atom. The molecule has 0 spiro atoms. The SMILES string of the molecule is CCOC(=O)C(CC(C)(C)C)C1CCCCC1=O. The molecule has 0 bridgehead atoms. The van der Waals surface area contributed by atoms with Gasteiger partial charge in [-0.3, -0.25) is 9.59 Å². The van der Waals surface area contributed by atoms with E-state index in [4.69, 9.17) is 4.74 Å². The Morgan fingerprint density at radius 3 is 2.56 bits per heavy atom. The van der Waals surface area contributed by atoms with Crippen molar-refractivity contribution in [3.05, 3.63) is 0 Å². The molecule has 2 atom stereocenters. The van der Waals surface area contributed by atoms with Gasteiger partial charge in [0, 0.05) is 12.3 Å². The number of ether oxygens (including phenoxy) is 1. The number of rotatable bonds is 4. The highest BCUT2D eigenvalue weighted by Crippen LogP contribution is 2.35. The fourth-order valence-corrected chi connectivity index (χ4v) is 2.73. The summed E-state index contributed by atoms with van der Waals surface area (Å²) in [6, 6.07) is 0. The zero-order chi connectivity index (χ0) is 13.8. The number of hydrogen-bond acceptors (Lipinski definition) is 3. The van der Waals surface area contributed by atoms with Gasteiger partial charge in [-0.1, -0.05) is 27.2 Å². The molecule has 0 amide bonds. The van der Waals surface area contributed by atoms with E-state index >= 15 is 0 Å². The summed E-state index contributed by atoms with van der Waals surface area (Å²) in [5.74, 6) is -0.300. The molecule has 0 saturated heterocycles. The van der Waals surface area contributed by atoms with Crippen molar-refractivity contribution in [3.8, 4) is 0 Å². The van der Waals surface area contributed by atoms with Crippen molar-refractivity contribution < 1.29 is 14.3 Å². The minimum absolute atomic E-state index is 0.0369. The number of ketones is 1. The van der Waals surface area contributed by atoms with Gasteiger partial charge in [0.25, 0.3) is 0 Å². The third-order valence-corrected chi connectivity index (χ3v) is 3.51. The topological polar surface area (TPSA) is 43.4 Å². The maximum atomic E-state index is 12.1. The fourth-order valence-electron chi connectivity index (χ4n) is 2.73. The highest BCUT2D eigenvalue weighted by atomic mass is 16.5. The second-order valence-electron chi connectivity index (χ2n) is 6.44. The molecule has 0 aliphatic heterocycles. The molecule has 1 fully saturated rings. The summed E-state index contributed by atoms with van der Waals surface area (Å²) >= 11 is 0. The van der Waals surface area contributed by atoms with Gasteiger partial charge in [0.15, 0.2) is 0 Å². The Hall–Kier alpha value is -0.860. The highest BCUT2D eigenvalue weighted by molar-refractivity contribution is 5.87. The summed E-state index contributed by atoms with van der Waals surface area (Å²) in [6.07, 6.45) is 4.22. The van der Waals surface area contributed by atoms with Crippen LogP contribution < -0.4 is 0 Å². The Morgan fingerprint density at radius 1 is 1.39 bits per heavy atom. The van der Waals surface area contributed by atoms with Crippen LogP contribution in [0.1, 0.15) is 59.8 Å². The molecule has 1 saturated carbocycles. The lowest BCUT2D eigenvalue weighted by molar-refractivity contribution is -0.154. The lowest BCUT2D eigenvalue weighted by Crippen LogP contribution is -2.35. The maximum absolute atomic E-state index is 12.1. The second kappa shape index (κ2) is 6.35. The summed E-state index contributed by atoms with van der Waals surface area (Å²) in [6.45, 7) is 8.51. The van der Waals surface area contributed by atoms with Crippen molar-refractivity contribution in [2.75, 3.05) is 6.61 Å². The van der Waals surface area contributed by atoms with Gasteiger partial charge in [-0.05, 0) is 31.6 Å². The molecule has 3 heteroatoms. The summed E-state index contributed by atoms with van der Waals surface area (Å²) in [5.41, 5.74) is 0.0369. The van der Waals surface area contributed by atoms with Crippen molar-refractivity contribution in [3.63, 3.8) is 0 Å². The third-order valence-electron chi connectivity index (χ3n) is 3.51. The zero-order valence-electron chi connectivity index (χ0n) is 12.1. The van der Waals surface area contributed by atoms with Gasteiger partial charge in [-0.15, -0.1) is 0 Å². The predicted octanol–water partition coefficient (Wildman–Crippen LogP) is 3.36. The summed E-state index contributed by atoms with van der Waals surface area (Å²) in [4.78, 5) is 24.1. The monoisotopic (exact) mass is 254 g/mol. The molecule has 1 rings (SSSR count). The molecule has 0 radical (unpaired) electrons. The smallest absolute Gasteiger partial charge is 0.309 e. The first-order chi connectivity index (χ1) is 8.35. The maximum Gasteiger partial charge on any atom is 0.309 e. The van der Waals surface area contributed by atoms with Gasteiger partial charge in [0.05, 0.1) is 12.5 Å². The summed E-state index contributed by atoms with van der Waals surface area (Å²) in [7, 11) is 0. The van der Waals surface area contributed by atoms with E-state index < -0.39 is 0 Å². The first-order valence-corrected chi connectivity index (χ1v) is 7.04. The molecule has 18 heavy (non-hydrogen) atoms. The first kappa shape index (κ1) is 15.2. The molecule has 1 aliphatic rings. The molecule has 0 aromatic carbocycles. The lowest BCUT2D eigenvalue weighted by Gasteiger charge is -2.32. The van der Waals surface area contributed by atoms with Crippen molar-refractivity contribution >= 4 is 11.8 Å². The van der Waals surface area contributed by atoms with Crippen molar-refractivity contribution in [2.24, 2.45) is 17.3 Å². The van der Waals surface area contributed by atoms with E-state index in [-0.39, 0.29) is 29.0 Å². The number of carbonyl (C=O) groups is 2. The molecule has 104 valence electrons. The highest BCUT2D eigenvalue weighted by Gasteiger charge is 2.37. The Bertz CT molecular complexity index is 301. The van der Waals surface area contributed by atoms with Crippen LogP contribution in [0.3, 0.4) is 0 Å². The van der Waals surface area contributed by atoms with Crippen LogP contribution in [0, 0.1) is 17.3 Å². The van der Waals surface area contributed by atoms with Gasteiger partial charge in [0.2, 0.25) is 0 Å². The second-order valence-corrected chi connectivity index (χ2v) is 6.44. The van der Waals surface area contributed by atoms with Gasteiger partial charge in [0.1, 0.15) is 5.78 Å². The molecule has 1 aliphatic carbocycles. The summed E-state index contributed by atoms with van der Waals surface area (Å²) < 4.78 is 5.16. The fraction of sp³-hybridized carbons (Fsp3) is 0.867. The Kier molecular flexibility index (Phi) is 5.36. The average Bonchev–Trinajstić information content (AvgIpc) is 2.26. The quantitative estimate of drug-likeness (QED) is 0.722. The van der Waals surface area contributed by atoms with E-state index in [1.54, 1.807) is 0 Å². The molecule has 0 aromatic rings. The van der Waals surface area contributed by atoms with E-state index in [1.165, 1.54) is 0 Å². The predicted molar refractivity (Wildman–Crippen MR) is 71.2 cm³/mol. The van der Waals surface area contributed by atoms with Crippen molar-refractivity contribution in [1.29, 1.82) is 0 Å². The molecule has 0 heterocycles. The van der Waals surface area contributed by atoms with Gasteiger partial charge in [-0.2, -0.15) is 0 Å². The van der Waals surface area contributed by atoms with Gasteiger partial charge in [-0.25, -0.2) is 0 Å². The van der Waals surface area contributed by atoms with E-state index in [2.05, 4.69) is 20.8 Å². The van der Waals surface area contributed by atoms with Crippen LogP contribution in [0.4, 0.5) is 0 Å². The van der Waals surface area contributed by atoms with E-state index in [1.807, 2.05) is 6.92 Å². The molecule has 0 aromatic heterocycles. The van der Waals surface area contributed by atoms with Crippen LogP contribution in [0.2, 0.25) is 0 Å². The standard InChI is InChI=1S/C15H26O3/c1-5-18-14(17)12(10-15(2,3)4)11-8-6-7-9-13(11)16/h11-12H,5-10H2,1-4H3. The van der Waals surface area contributed by atoms with E-state index in [0.29, 0.717) is 13.0 Å². The van der Waals surface area contributed by atoms with E-state index in [0.717, 1.165) is 25.7 Å². The Labute approximate surface area is 110 Å². The molecular formula is C15H26O3. The molecule has 0 N–H and O–H groups in total. The minimum atomic E-state index is -0.252. The van der Waals surface area contributed by atoms with Crippen LogP contribution >= 0.6 is 0 Å². The van der Waals surface area contributed by atoms with Crippen LogP contribution in [0.15, 0.2) is 0 Å². The van der Waals surface area contributed by atoms with Crippen LogP contribution in [0.25, 0.3) is 0 Å². The Balaban J connectivity index is 2.81. The van der Waals surface area contributed by atoms with Crippen molar-refractivity contribution in [2.45, 2.75) is 59.8 Å². The number of Topliss-reactive ketones (excluding diaryl/α,β-unsaturated/α-hetero) is 1. The molecule has 3 nitrogen and oxygen atoms in total. The third kappa shape index (κ3) is 4.43. The van der Waals surface area contributed by atoms with Crippen LogP contribution in [0.5, 0.6) is 0 Å². The number of carbonyl (C=O) groups excluding carboxylic acids is 2. The number of hydrogen-bond donors (Lipinski definition) is 0. The summed E-state index contributed by atoms with van der Waals surface area (Å²) in [5, 5.41) is 0. The van der Waals surface area contributed by atoms with Crippen LogP contribution in [-0.4, -0.2) is 18.4 Å². The molecule has 2 unspecified atom stereocenters. The van der Waals surface area contributed by atoms with Crippen molar-refractivity contribution in [1.82, 2.24) is 0 Å². The first-order valence-electron chi connectivity index (χ1n) is 7.04. The molecular weight excluding hydrogens is 228 g/mol. The van der Waals surface area contributed by atoms with Gasteiger partial charge < -0.3 is 4.74 Å². The van der Waals surface area contributed by atoms with Gasteiger partial charge >= 0.3 is 5.97 Å².